The van der Waals surface area contributed by atoms with Gasteiger partial charge in [-0.05, 0) is 26.0 Å². The summed E-state index contributed by atoms with van der Waals surface area (Å²) in [4.78, 5) is 32.4. The van der Waals surface area contributed by atoms with Crippen LogP contribution in [0.3, 0.4) is 0 Å². The van der Waals surface area contributed by atoms with Crippen molar-refractivity contribution in [1.82, 2.24) is 9.97 Å². The maximum atomic E-state index is 12.5. The van der Waals surface area contributed by atoms with Crippen LogP contribution in [0.2, 0.25) is 0 Å². The second-order valence-electron chi connectivity index (χ2n) is 5.49. The van der Waals surface area contributed by atoms with Gasteiger partial charge in [0.1, 0.15) is 22.9 Å². The number of benzene rings is 1. The molecule has 0 aliphatic rings. The Balaban J connectivity index is 2.08. The molecule has 150 valence electrons. The smallest absolute Gasteiger partial charge is 0.343 e. The fourth-order valence-corrected chi connectivity index (χ4v) is 2.91. The summed E-state index contributed by atoms with van der Waals surface area (Å²) in [7, 11) is 3.05. The van der Waals surface area contributed by atoms with Gasteiger partial charge in [-0.15, -0.1) is 0 Å². The van der Waals surface area contributed by atoms with E-state index in [1.54, 1.807) is 32.0 Å². The Kier molecular flexibility index (Phi) is 7.44. The van der Waals surface area contributed by atoms with E-state index in [-0.39, 0.29) is 29.1 Å². The van der Waals surface area contributed by atoms with Gasteiger partial charge in [-0.25, -0.2) is 14.8 Å². The van der Waals surface area contributed by atoms with Gasteiger partial charge in [0.2, 0.25) is 5.91 Å². The molecule has 3 N–H and O–H groups in total. The average Bonchev–Trinajstić information content (AvgIpc) is 2.68. The van der Waals surface area contributed by atoms with E-state index in [4.69, 9.17) is 19.9 Å². The van der Waals surface area contributed by atoms with Crippen LogP contribution < -0.4 is 20.5 Å². The van der Waals surface area contributed by atoms with Crippen molar-refractivity contribution in [1.29, 1.82) is 0 Å². The Morgan fingerprint density at radius 1 is 1.29 bits per heavy atom. The van der Waals surface area contributed by atoms with E-state index in [0.717, 1.165) is 11.8 Å². The Morgan fingerprint density at radius 3 is 2.64 bits per heavy atom. The summed E-state index contributed by atoms with van der Waals surface area (Å²) in [5.74, 6) is 0.214. The minimum absolute atomic E-state index is 0.00183. The molecule has 1 atom stereocenters. The molecule has 0 saturated carbocycles. The number of nitrogens with zero attached hydrogens (tertiary/aromatic N) is 2. The molecule has 1 heterocycles. The third kappa shape index (κ3) is 5.26. The van der Waals surface area contributed by atoms with Gasteiger partial charge in [0.15, 0.2) is 5.16 Å². The summed E-state index contributed by atoms with van der Waals surface area (Å²) in [6.45, 7) is 3.61. The van der Waals surface area contributed by atoms with Crippen LogP contribution in [0.5, 0.6) is 11.5 Å². The Labute approximate surface area is 167 Å². The van der Waals surface area contributed by atoms with Gasteiger partial charge in [-0.3, -0.25) is 4.79 Å². The number of nitrogen functional groups attached to an aromatic ring is 1. The molecular weight excluding hydrogens is 384 g/mol. The number of nitrogens with two attached hydrogens (primary N) is 1. The summed E-state index contributed by atoms with van der Waals surface area (Å²) in [6, 6.07) is 5.09. The van der Waals surface area contributed by atoms with Crippen molar-refractivity contribution in [2.24, 2.45) is 0 Å². The lowest BCUT2D eigenvalue weighted by Gasteiger charge is -2.15. The van der Waals surface area contributed by atoms with Crippen LogP contribution in [0.4, 0.5) is 11.5 Å². The maximum absolute atomic E-state index is 12.5. The molecule has 1 unspecified atom stereocenters. The predicted octanol–water partition coefficient (Wildman–Crippen LogP) is 2.37. The van der Waals surface area contributed by atoms with Crippen LogP contribution in [0.1, 0.15) is 24.2 Å². The van der Waals surface area contributed by atoms with E-state index in [1.807, 2.05) is 0 Å². The number of hydrogen-bond donors (Lipinski definition) is 2. The zero-order valence-electron chi connectivity index (χ0n) is 16.0. The van der Waals surface area contributed by atoms with Crippen LogP contribution in [0.25, 0.3) is 0 Å². The Morgan fingerprint density at radius 2 is 2.04 bits per heavy atom. The van der Waals surface area contributed by atoms with E-state index in [9.17, 15) is 9.59 Å². The van der Waals surface area contributed by atoms with E-state index in [2.05, 4.69) is 15.3 Å². The van der Waals surface area contributed by atoms with E-state index in [0.29, 0.717) is 17.2 Å². The number of ether oxygens (including phenoxy) is 3. The van der Waals surface area contributed by atoms with E-state index < -0.39 is 11.2 Å². The SMILES string of the molecule is CCOC(=O)c1cnc(SC(C)C(=O)Nc2cc(OC)ccc2OC)nc1N. The number of rotatable bonds is 8. The van der Waals surface area contributed by atoms with Gasteiger partial charge in [-0.2, -0.15) is 0 Å². The molecule has 0 spiro atoms. The van der Waals surface area contributed by atoms with Crippen molar-refractivity contribution in [2.75, 3.05) is 31.9 Å². The highest BCUT2D eigenvalue weighted by molar-refractivity contribution is 8.00. The molecule has 0 bridgehead atoms. The Bertz CT molecular complexity index is 862. The van der Waals surface area contributed by atoms with Gasteiger partial charge >= 0.3 is 5.97 Å². The summed E-state index contributed by atoms with van der Waals surface area (Å²) in [6.07, 6.45) is 1.29. The van der Waals surface area contributed by atoms with E-state index >= 15 is 0 Å². The number of thioether (sulfide) groups is 1. The number of esters is 1. The number of amides is 1. The molecule has 0 aliphatic heterocycles. The number of methoxy groups -OCH3 is 2. The quantitative estimate of drug-likeness (QED) is 0.386. The molecular formula is C18H22N4O5S. The molecule has 1 aromatic heterocycles. The number of aromatic nitrogens is 2. The monoisotopic (exact) mass is 406 g/mol. The first-order chi connectivity index (χ1) is 13.4. The predicted molar refractivity (Wildman–Crippen MR) is 106 cm³/mol. The standard InChI is InChI=1S/C18H22N4O5S/c1-5-27-17(24)12-9-20-18(22-15(12)19)28-10(2)16(23)21-13-8-11(25-3)6-7-14(13)26-4/h6-10H,5H2,1-4H3,(H,21,23)(H2,19,20,22). The van der Waals surface area contributed by atoms with Crippen molar-refractivity contribution in [3.8, 4) is 11.5 Å². The van der Waals surface area contributed by atoms with Crippen LogP contribution in [0, 0.1) is 0 Å². The third-order valence-corrected chi connectivity index (χ3v) is 4.58. The minimum atomic E-state index is -0.590. The first-order valence-electron chi connectivity index (χ1n) is 8.38. The van der Waals surface area contributed by atoms with Crippen LogP contribution in [-0.2, 0) is 9.53 Å². The fraction of sp³-hybridized carbons (Fsp3) is 0.333. The maximum Gasteiger partial charge on any atom is 0.343 e. The molecule has 2 aromatic rings. The first-order valence-corrected chi connectivity index (χ1v) is 9.26. The molecule has 0 aliphatic carbocycles. The van der Waals surface area contributed by atoms with Crippen LogP contribution >= 0.6 is 11.8 Å². The van der Waals surface area contributed by atoms with Gasteiger partial charge in [0.05, 0.1) is 31.8 Å². The minimum Gasteiger partial charge on any atom is -0.497 e. The first kappa shape index (κ1) is 21.3. The lowest BCUT2D eigenvalue weighted by molar-refractivity contribution is -0.115. The van der Waals surface area contributed by atoms with Crippen molar-refractivity contribution in [2.45, 2.75) is 24.3 Å². The number of carbonyl (C=O) groups is 2. The molecule has 0 saturated heterocycles. The van der Waals surface area contributed by atoms with Crippen LogP contribution in [0.15, 0.2) is 29.6 Å². The molecule has 10 heteroatoms. The second-order valence-corrected chi connectivity index (χ2v) is 6.80. The van der Waals surface area contributed by atoms with Crippen molar-refractivity contribution in [3.05, 3.63) is 30.0 Å². The number of nitrogens with one attached hydrogen (secondary N) is 1. The third-order valence-electron chi connectivity index (χ3n) is 3.61. The highest BCUT2D eigenvalue weighted by atomic mass is 32.2. The highest BCUT2D eigenvalue weighted by Crippen LogP contribution is 2.30. The van der Waals surface area contributed by atoms with Gasteiger partial charge < -0.3 is 25.3 Å². The van der Waals surface area contributed by atoms with Gasteiger partial charge in [-0.1, -0.05) is 11.8 Å². The topological polar surface area (TPSA) is 126 Å². The average molecular weight is 406 g/mol. The van der Waals surface area contributed by atoms with E-state index in [1.165, 1.54) is 20.4 Å². The molecule has 0 fully saturated rings. The van der Waals surface area contributed by atoms with Crippen molar-refractivity contribution in [3.63, 3.8) is 0 Å². The lowest BCUT2D eigenvalue weighted by Crippen LogP contribution is -2.23. The Hall–Kier alpha value is -3.01. The lowest BCUT2D eigenvalue weighted by atomic mass is 10.2. The van der Waals surface area contributed by atoms with Gasteiger partial charge in [0, 0.05) is 12.3 Å². The fourth-order valence-electron chi connectivity index (χ4n) is 2.16. The number of anilines is 2. The largest absolute Gasteiger partial charge is 0.497 e. The zero-order chi connectivity index (χ0) is 20.7. The van der Waals surface area contributed by atoms with Crippen molar-refractivity contribution >= 4 is 35.1 Å². The summed E-state index contributed by atoms with van der Waals surface area (Å²) < 4.78 is 15.3. The molecule has 0 radical (unpaired) electrons. The summed E-state index contributed by atoms with van der Waals surface area (Å²) >= 11 is 1.10. The molecule has 9 nitrogen and oxygen atoms in total. The number of carbonyl (C=O) groups excluding carboxylic acids is 2. The molecule has 2 rings (SSSR count). The summed E-state index contributed by atoms with van der Waals surface area (Å²) in [5.41, 5.74) is 6.37. The van der Waals surface area contributed by atoms with Crippen LogP contribution in [-0.4, -0.2) is 47.9 Å². The zero-order valence-corrected chi connectivity index (χ0v) is 16.8. The molecule has 28 heavy (non-hydrogen) atoms. The second kappa shape index (κ2) is 9.79. The molecule has 1 amide bonds. The summed E-state index contributed by atoms with van der Waals surface area (Å²) in [5, 5.41) is 2.52. The number of hydrogen-bond acceptors (Lipinski definition) is 9. The highest BCUT2D eigenvalue weighted by Gasteiger charge is 2.20. The normalized spacial score (nSPS) is 11.4. The molecule has 1 aromatic carbocycles. The van der Waals surface area contributed by atoms with Crippen molar-refractivity contribution < 1.29 is 23.8 Å². The van der Waals surface area contributed by atoms with Gasteiger partial charge in [0.25, 0.3) is 0 Å².